The summed E-state index contributed by atoms with van der Waals surface area (Å²) in [5.74, 6) is 0.663. The van der Waals surface area contributed by atoms with Crippen molar-refractivity contribution < 1.29 is 0 Å². The van der Waals surface area contributed by atoms with E-state index in [4.69, 9.17) is 11.6 Å². The number of halogens is 1. The quantitative estimate of drug-likeness (QED) is 0.724. The van der Waals surface area contributed by atoms with Crippen LogP contribution in [0, 0.1) is 0 Å². The van der Waals surface area contributed by atoms with Gasteiger partial charge in [0.15, 0.2) is 0 Å². The first-order valence-electron chi connectivity index (χ1n) is 4.50. The number of hydrogen-bond donors (Lipinski definition) is 0. The van der Waals surface area contributed by atoms with Gasteiger partial charge in [0.25, 0.3) is 0 Å². The Morgan fingerprint density at radius 2 is 2.46 bits per heavy atom. The predicted molar refractivity (Wildman–Crippen MR) is 55.6 cm³/mol. The lowest BCUT2D eigenvalue weighted by molar-refractivity contribution is 0.390. The number of alkyl halides is 1. The van der Waals surface area contributed by atoms with E-state index in [0.717, 1.165) is 11.7 Å². The molecule has 0 atom stereocenters. The van der Waals surface area contributed by atoms with E-state index in [0.29, 0.717) is 11.9 Å². The molecule has 0 bridgehead atoms. The molecule has 2 rings (SSSR count). The van der Waals surface area contributed by atoms with Gasteiger partial charge in [0.05, 0.1) is 0 Å². The Morgan fingerprint density at radius 3 is 2.92 bits per heavy atom. The van der Waals surface area contributed by atoms with Crippen LogP contribution in [0.3, 0.4) is 0 Å². The Balaban J connectivity index is 2.04. The third-order valence-electron chi connectivity index (χ3n) is 2.44. The SMILES string of the molecule is ClCCN(c1nncs1)C1CCC1. The summed E-state index contributed by atoms with van der Waals surface area (Å²) in [6.07, 6.45) is 3.88. The molecule has 0 spiro atoms. The molecule has 5 heteroatoms. The van der Waals surface area contributed by atoms with Crippen molar-refractivity contribution in [2.24, 2.45) is 0 Å². The minimum Gasteiger partial charge on any atom is -0.342 e. The molecule has 0 unspecified atom stereocenters. The van der Waals surface area contributed by atoms with Crippen LogP contribution in [0.4, 0.5) is 5.13 Å². The zero-order chi connectivity index (χ0) is 9.10. The second kappa shape index (κ2) is 4.24. The first-order valence-corrected chi connectivity index (χ1v) is 5.92. The summed E-state index contributed by atoms with van der Waals surface area (Å²) in [5, 5.41) is 8.94. The van der Waals surface area contributed by atoms with Crippen molar-refractivity contribution in [3.63, 3.8) is 0 Å². The summed E-state index contributed by atoms with van der Waals surface area (Å²) >= 11 is 7.35. The van der Waals surface area contributed by atoms with Crippen molar-refractivity contribution in [2.75, 3.05) is 17.3 Å². The van der Waals surface area contributed by atoms with E-state index in [1.54, 1.807) is 16.8 Å². The number of rotatable bonds is 4. The third-order valence-corrected chi connectivity index (χ3v) is 3.33. The molecule has 1 aliphatic carbocycles. The van der Waals surface area contributed by atoms with Crippen LogP contribution in [0.1, 0.15) is 19.3 Å². The minimum atomic E-state index is 0.659. The maximum absolute atomic E-state index is 5.75. The molecule has 1 heterocycles. The molecule has 0 aliphatic heterocycles. The summed E-state index contributed by atoms with van der Waals surface area (Å²) in [6.45, 7) is 0.890. The predicted octanol–water partition coefficient (Wildman–Crippen LogP) is 2.14. The maximum Gasteiger partial charge on any atom is 0.208 e. The molecule has 0 radical (unpaired) electrons. The highest BCUT2D eigenvalue weighted by molar-refractivity contribution is 7.13. The fraction of sp³-hybridized carbons (Fsp3) is 0.750. The molecule has 0 aromatic carbocycles. The molecule has 0 amide bonds. The molecule has 3 nitrogen and oxygen atoms in total. The first kappa shape index (κ1) is 9.21. The van der Waals surface area contributed by atoms with Crippen molar-refractivity contribution in [1.29, 1.82) is 0 Å². The molecule has 1 fully saturated rings. The van der Waals surface area contributed by atoms with Crippen LogP contribution in [-0.4, -0.2) is 28.7 Å². The van der Waals surface area contributed by atoms with Crippen LogP contribution in [-0.2, 0) is 0 Å². The lowest BCUT2D eigenvalue weighted by atomic mass is 9.92. The first-order chi connectivity index (χ1) is 6.42. The second-order valence-corrected chi connectivity index (χ2v) is 4.38. The van der Waals surface area contributed by atoms with Crippen molar-refractivity contribution in [1.82, 2.24) is 10.2 Å². The average Bonchev–Trinajstić information content (AvgIpc) is 2.51. The van der Waals surface area contributed by atoms with Gasteiger partial charge in [-0.1, -0.05) is 11.3 Å². The van der Waals surface area contributed by atoms with Crippen LogP contribution >= 0.6 is 22.9 Å². The fourth-order valence-corrected chi connectivity index (χ4v) is 2.36. The molecule has 0 saturated heterocycles. The second-order valence-electron chi connectivity index (χ2n) is 3.19. The Bertz CT molecular complexity index is 248. The molecule has 1 aromatic rings. The molecule has 0 N–H and O–H groups in total. The summed E-state index contributed by atoms with van der Waals surface area (Å²) in [4.78, 5) is 2.29. The highest BCUT2D eigenvalue weighted by Crippen LogP contribution is 2.29. The lowest BCUT2D eigenvalue weighted by Crippen LogP contribution is -2.41. The van der Waals surface area contributed by atoms with Gasteiger partial charge in [-0.2, -0.15) is 0 Å². The third kappa shape index (κ3) is 1.94. The van der Waals surface area contributed by atoms with E-state index < -0.39 is 0 Å². The zero-order valence-electron chi connectivity index (χ0n) is 7.32. The van der Waals surface area contributed by atoms with Gasteiger partial charge in [0, 0.05) is 18.5 Å². The Hall–Kier alpha value is -0.350. The highest BCUT2D eigenvalue weighted by Gasteiger charge is 2.26. The van der Waals surface area contributed by atoms with Gasteiger partial charge >= 0.3 is 0 Å². The van der Waals surface area contributed by atoms with Crippen LogP contribution in [0.2, 0.25) is 0 Å². The standard InChI is InChI=1S/C8H12ClN3S/c9-4-5-12(7-2-1-3-7)8-11-10-6-13-8/h6-7H,1-5H2. The topological polar surface area (TPSA) is 29.0 Å². The summed E-state index contributed by atoms with van der Waals surface area (Å²) in [6, 6.07) is 0.659. The van der Waals surface area contributed by atoms with Gasteiger partial charge < -0.3 is 4.90 Å². The van der Waals surface area contributed by atoms with Crippen molar-refractivity contribution in [2.45, 2.75) is 25.3 Å². The van der Waals surface area contributed by atoms with E-state index in [9.17, 15) is 0 Å². The molecule has 72 valence electrons. The number of hydrogen-bond acceptors (Lipinski definition) is 4. The molecular formula is C8H12ClN3S. The van der Waals surface area contributed by atoms with Gasteiger partial charge in [-0.3, -0.25) is 0 Å². The van der Waals surface area contributed by atoms with Crippen LogP contribution in [0.25, 0.3) is 0 Å². The van der Waals surface area contributed by atoms with Crippen molar-refractivity contribution in [3.8, 4) is 0 Å². The summed E-state index contributed by atoms with van der Waals surface area (Å²) < 4.78 is 0. The number of anilines is 1. The van der Waals surface area contributed by atoms with Gasteiger partial charge in [-0.05, 0) is 19.3 Å². The zero-order valence-corrected chi connectivity index (χ0v) is 8.89. The summed E-state index contributed by atoms with van der Waals surface area (Å²) in [5.41, 5.74) is 1.77. The Morgan fingerprint density at radius 1 is 1.62 bits per heavy atom. The summed E-state index contributed by atoms with van der Waals surface area (Å²) in [7, 11) is 0. The van der Waals surface area contributed by atoms with Gasteiger partial charge in [0.1, 0.15) is 5.51 Å². The molecule has 1 aliphatic rings. The molecule has 13 heavy (non-hydrogen) atoms. The highest BCUT2D eigenvalue weighted by atomic mass is 35.5. The van der Waals surface area contributed by atoms with E-state index in [1.807, 2.05) is 0 Å². The number of nitrogens with zero attached hydrogens (tertiary/aromatic N) is 3. The van der Waals surface area contributed by atoms with E-state index in [2.05, 4.69) is 15.1 Å². The van der Waals surface area contributed by atoms with E-state index >= 15 is 0 Å². The van der Waals surface area contributed by atoms with Crippen LogP contribution in [0.15, 0.2) is 5.51 Å². The Kier molecular flexibility index (Phi) is 3.01. The molecular weight excluding hydrogens is 206 g/mol. The van der Waals surface area contributed by atoms with Crippen molar-refractivity contribution >= 4 is 28.1 Å². The van der Waals surface area contributed by atoms with Crippen LogP contribution in [0.5, 0.6) is 0 Å². The maximum atomic E-state index is 5.75. The monoisotopic (exact) mass is 217 g/mol. The van der Waals surface area contributed by atoms with Gasteiger partial charge in [0.2, 0.25) is 5.13 Å². The number of aromatic nitrogens is 2. The fourth-order valence-electron chi connectivity index (χ4n) is 1.52. The molecule has 1 saturated carbocycles. The smallest absolute Gasteiger partial charge is 0.208 e. The lowest BCUT2D eigenvalue weighted by Gasteiger charge is -2.36. The van der Waals surface area contributed by atoms with Crippen LogP contribution < -0.4 is 4.90 Å². The molecule has 1 aromatic heterocycles. The van der Waals surface area contributed by atoms with Gasteiger partial charge in [-0.25, -0.2) is 0 Å². The largest absolute Gasteiger partial charge is 0.342 e. The van der Waals surface area contributed by atoms with Crippen molar-refractivity contribution in [3.05, 3.63) is 5.51 Å². The normalized spacial score (nSPS) is 17.0. The van der Waals surface area contributed by atoms with E-state index in [1.165, 1.54) is 19.3 Å². The van der Waals surface area contributed by atoms with Gasteiger partial charge in [-0.15, -0.1) is 21.8 Å². The van der Waals surface area contributed by atoms with E-state index in [-0.39, 0.29) is 0 Å². The minimum absolute atomic E-state index is 0.659. The Labute approximate surface area is 86.7 Å². The average molecular weight is 218 g/mol.